The molecule has 0 aromatic rings. The van der Waals surface area contributed by atoms with Crippen LogP contribution in [-0.2, 0) is 14.9 Å². The van der Waals surface area contributed by atoms with Crippen LogP contribution in [0.4, 0.5) is 0 Å². The molecule has 0 amide bonds. The lowest BCUT2D eigenvalue weighted by Gasteiger charge is -2.18. The number of rotatable bonds is 5. The third-order valence-corrected chi connectivity index (χ3v) is 3.38. The highest BCUT2D eigenvalue weighted by atomic mass is 32.2. The zero-order valence-corrected chi connectivity index (χ0v) is 9.23. The van der Waals surface area contributed by atoms with E-state index in [1.807, 2.05) is 0 Å². The molecule has 84 valence electrons. The van der Waals surface area contributed by atoms with Crippen molar-refractivity contribution in [1.82, 2.24) is 14.8 Å². The van der Waals surface area contributed by atoms with Gasteiger partial charge in [0.15, 0.2) is 0 Å². The standard InChI is InChI=1S/C7H17N3O3S/c1-3-9-14(11,12)10-6-4-8-5-7(6)13-2/h6-10H,3-5H2,1-2H3/t6?,7-/m0/s1. The Kier molecular flexibility index (Phi) is 4.27. The maximum atomic E-state index is 11.3. The summed E-state index contributed by atoms with van der Waals surface area (Å²) in [6.45, 7) is 3.39. The maximum Gasteiger partial charge on any atom is 0.277 e. The quantitative estimate of drug-likeness (QED) is 0.525. The van der Waals surface area contributed by atoms with Gasteiger partial charge in [-0.05, 0) is 0 Å². The first kappa shape index (κ1) is 11.9. The van der Waals surface area contributed by atoms with E-state index >= 15 is 0 Å². The van der Waals surface area contributed by atoms with Crippen LogP contribution < -0.4 is 14.8 Å². The second kappa shape index (κ2) is 5.04. The molecule has 1 aliphatic rings. The highest BCUT2D eigenvalue weighted by Gasteiger charge is 2.29. The van der Waals surface area contributed by atoms with Gasteiger partial charge in [-0.15, -0.1) is 0 Å². The predicted octanol–water partition coefficient (Wildman–Crippen LogP) is -1.58. The summed E-state index contributed by atoms with van der Waals surface area (Å²) in [5.74, 6) is 0. The first-order valence-electron chi connectivity index (χ1n) is 4.59. The number of hydrogen-bond acceptors (Lipinski definition) is 4. The first-order valence-corrected chi connectivity index (χ1v) is 6.07. The monoisotopic (exact) mass is 223 g/mol. The van der Waals surface area contributed by atoms with E-state index in [4.69, 9.17) is 4.74 Å². The fourth-order valence-electron chi connectivity index (χ4n) is 1.45. The van der Waals surface area contributed by atoms with E-state index in [1.165, 1.54) is 0 Å². The number of methoxy groups -OCH3 is 1. The molecule has 1 rings (SSSR count). The number of hydrogen-bond donors (Lipinski definition) is 3. The van der Waals surface area contributed by atoms with E-state index in [9.17, 15) is 8.42 Å². The molecule has 3 N–H and O–H groups in total. The lowest BCUT2D eigenvalue weighted by atomic mass is 10.2. The van der Waals surface area contributed by atoms with Crippen molar-refractivity contribution in [3.63, 3.8) is 0 Å². The minimum atomic E-state index is -3.38. The summed E-state index contributed by atoms with van der Waals surface area (Å²) in [6, 6.07) is -0.191. The highest BCUT2D eigenvalue weighted by molar-refractivity contribution is 7.87. The van der Waals surface area contributed by atoms with Gasteiger partial charge >= 0.3 is 0 Å². The fourth-order valence-corrected chi connectivity index (χ4v) is 2.55. The molecule has 1 unspecified atom stereocenters. The topological polar surface area (TPSA) is 79.5 Å². The normalized spacial score (nSPS) is 28.1. The van der Waals surface area contributed by atoms with Gasteiger partial charge in [-0.3, -0.25) is 0 Å². The summed E-state index contributed by atoms with van der Waals surface area (Å²) >= 11 is 0. The van der Waals surface area contributed by atoms with Gasteiger partial charge in [0, 0.05) is 26.7 Å². The molecule has 0 spiro atoms. The Morgan fingerprint density at radius 1 is 1.50 bits per heavy atom. The zero-order valence-electron chi connectivity index (χ0n) is 8.41. The molecule has 1 aliphatic heterocycles. The van der Waals surface area contributed by atoms with Crippen molar-refractivity contribution in [3.8, 4) is 0 Å². The molecule has 0 saturated carbocycles. The Hall–Kier alpha value is -0.210. The van der Waals surface area contributed by atoms with Crippen LogP contribution in [0.25, 0.3) is 0 Å². The van der Waals surface area contributed by atoms with Crippen molar-refractivity contribution in [2.45, 2.75) is 19.1 Å². The van der Waals surface area contributed by atoms with Crippen molar-refractivity contribution in [2.75, 3.05) is 26.7 Å². The van der Waals surface area contributed by atoms with Crippen LogP contribution in [0.5, 0.6) is 0 Å². The van der Waals surface area contributed by atoms with Gasteiger partial charge in [-0.1, -0.05) is 6.92 Å². The van der Waals surface area contributed by atoms with Crippen molar-refractivity contribution in [3.05, 3.63) is 0 Å². The van der Waals surface area contributed by atoms with Gasteiger partial charge in [-0.25, -0.2) is 4.72 Å². The molecule has 0 bridgehead atoms. The second-order valence-corrected chi connectivity index (χ2v) is 4.69. The van der Waals surface area contributed by atoms with E-state index < -0.39 is 10.2 Å². The van der Waals surface area contributed by atoms with Crippen molar-refractivity contribution >= 4 is 10.2 Å². The summed E-state index contributed by atoms with van der Waals surface area (Å²) in [5.41, 5.74) is 0. The third-order valence-electron chi connectivity index (χ3n) is 2.10. The molecule has 0 aromatic heterocycles. The third kappa shape index (κ3) is 3.18. The lowest BCUT2D eigenvalue weighted by molar-refractivity contribution is 0.103. The Labute approximate surface area is 84.6 Å². The molecular weight excluding hydrogens is 206 g/mol. The average molecular weight is 223 g/mol. The molecule has 1 fully saturated rings. The van der Waals surface area contributed by atoms with Gasteiger partial charge in [-0.2, -0.15) is 13.1 Å². The van der Waals surface area contributed by atoms with Crippen LogP contribution in [-0.4, -0.2) is 47.3 Å². The van der Waals surface area contributed by atoms with Crippen molar-refractivity contribution in [2.24, 2.45) is 0 Å². The Bertz CT molecular complexity index is 267. The molecule has 7 heteroatoms. The Balaban J connectivity index is 2.51. The van der Waals surface area contributed by atoms with Gasteiger partial charge in [0.2, 0.25) is 0 Å². The van der Waals surface area contributed by atoms with Gasteiger partial charge in [0.1, 0.15) is 0 Å². The Morgan fingerprint density at radius 2 is 2.21 bits per heavy atom. The molecule has 0 aromatic carbocycles. The Morgan fingerprint density at radius 3 is 2.79 bits per heavy atom. The minimum absolute atomic E-state index is 0.0940. The SMILES string of the molecule is CCNS(=O)(=O)NC1CNC[C@@H]1OC. The molecule has 2 atom stereocenters. The van der Waals surface area contributed by atoms with E-state index in [2.05, 4.69) is 14.8 Å². The second-order valence-electron chi connectivity index (χ2n) is 3.16. The van der Waals surface area contributed by atoms with E-state index in [-0.39, 0.29) is 12.1 Å². The molecule has 1 heterocycles. The van der Waals surface area contributed by atoms with E-state index in [1.54, 1.807) is 14.0 Å². The molecule has 14 heavy (non-hydrogen) atoms. The van der Waals surface area contributed by atoms with E-state index in [0.29, 0.717) is 19.6 Å². The maximum absolute atomic E-state index is 11.3. The number of ether oxygens (including phenoxy) is 1. The predicted molar refractivity (Wildman–Crippen MR) is 53.2 cm³/mol. The summed E-state index contributed by atoms with van der Waals surface area (Å²) in [7, 11) is -1.80. The fraction of sp³-hybridized carbons (Fsp3) is 1.00. The number of nitrogens with one attached hydrogen (secondary N) is 3. The molecule has 0 radical (unpaired) electrons. The smallest absolute Gasteiger partial charge is 0.277 e. The molecule has 0 aliphatic carbocycles. The summed E-state index contributed by atoms with van der Waals surface area (Å²) in [6.07, 6.45) is -0.0940. The lowest BCUT2D eigenvalue weighted by Crippen LogP contribution is -2.48. The molecule has 6 nitrogen and oxygen atoms in total. The van der Waals surface area contributed by atoms with Crippen LogP contribution in [0.1, 0.15) is 6.92 Å². The molecular formula is C7H17N3O3S. The molecule has 1 saturated heterocycles. The average Bonchev–Trinajstić information content (AvgIpc) is 2.50. The zero-order chi connectivity index (χ0) is 10.6. The first-order chi connectivity index (χ1) is 6.59. The van der Waals surface area contributed by atoms with Gasteiger partial charge in [0.25, 0.3) is 10.2 Å². The van der Waals surface area contributed by atoms with Gasteiger partial charge < -0.3 is 10.1 Å². The van der Waals surface area contributed by atoms with Gasteiger partial charge in [0.05, 0.1) is 12.1 Å². The summed E-state index contributed by atoms with van der Waals surface area (Å²) in [4.78, 5) is 0. The van der Waals surface area contributed by atoms with Crippen LogP contribution in [0.2, 0.25) is 0 Å². The summed E-state index contributed by atoms with van der Waals surface area (Å²) in [5, 5.41) is 3.06. The minimum Gasteiger partial charge on any atom is -0.378 e. The van der Waals surface area contributed by atoms with Crippen molar-refractivity contribution in [1.29, 1.82) is 0 Å². The van der Waals surface area contributed by atoms with E-state index in [0.717, 1.165) is 0 Å². The van der Waals surface area contributed by atoms with Crippen LogP contribution >= 0.6 is 0 Å². The van der Waals surface area contributed by atoms with Crippen LogP contribution in [0, 0.1) is 0 Å². The van der Waals surface area contributed by atoms with Crippen molar-refractivity contribution < 1.29 is 13.2 Å². The highest BCUT2D eigenvalue weighted by Crippen LogP contribution is 2.04. The largest absolute Gasteiger partial charge is 0.378 e. The summed E-state index contributed by atoms with van der Waals surface area (Å²) < 4.78 is 32.7. The van der Waals surface area contributed by atoms with Crippen LogP contribution in [0.15, 0.2) is 0 Å². The van der Waals surface area contributed by atoms with Crippen LogP contribution in [0.3, 0.4) is 0 Å².